The Hall–Kier alpha value is -1.56. The van der Waals surface area contributed by atoms with Crippen molar-refractivity contribution in [1.29, 1.82) is 0 Å². The van der Waals surface area contributed by atoms with Crippen molar-refractivity contribution in [2.75, 3.05) is 26.7 Å². The molecule has 6 heteroatoms. The summed E-state index contributed by atoms with van der Waals surface area (Å²) in [6.07, 6.45) is -3.03. The summed E-state index contributed by atoms with van der Waals surface area (Å²) < 4.78 is 37.2. The number of carbonyl (C=O) groups excluding carboxylic acids is 1. The summed E-state index contributed by atoms with van der Waals surface area (Å²) in [6.45, 7) is 2.05. The van der Waals surface area contributed by atoms with E-state index in [9.17, 15) is 18.0 Å². The smallest absolute Gasteiger partial charge is 0.339 e. The minimum Gasteiger partial charge on any atom is -0.339 e. The zero-order valence-corrected chi connectivity index (χ0v) is 12.9. The van der Waals surface area contributed by atoms with Crippen molar-refractivity contribution in [1.82, 2.24) is 9.80 Å². The molecule has 0 aromatic heterocycles. The van der Waals surface area contributed by atoms with Crippen LogP contribution in [0.25, 0.3) is 0 Å². The number of nitrogens with zero attached hydrogens (tertiary/aromatic N) is 2. The number of piperidine rings is 1. The fraction of sp³-hybridized carbons (Fsp3) is 0.562. The highest BCUT2D eigenvalue weighted by molar-refractivity contribution is 5.94. The van der Waals surface area contributed by atoms with Gasteiger partial charge in [0.25, 0.3) is 5.91 Å². The molecule has 122 valence electrons. The number of hydrogen-bond acceptors (Lipinski definition) is 2. The Morgan fingerprint density at radius 2 is 1.77 bits per heavy atom. The van der Waals surface area contributed by atoms with E-state index >= 15 is 0 Å². The number of likely N-dealkylation sites (tertiary alicyclic amines) is 1. The first-order valence-electron chi connectivity index (χ1n) is 7.39. The summed E-state index contributed by atoms with van der Waals surface area (Å²) in [7, 11) is 1.50. The number of amides is 1. The van der Waals surface area contributed by atoms with Crippen LogP contribution < -0.4 is 0 Å². The van der Waals surface area contributed by atoms with Gasteiger partial charge in [0, 0.05) is 24.7 Å². The van der Waals surface area contributed by atoms with Crippen molar-refractivity contribution in [2.24, 2.45) is 0 Å². The van der Waals surface area contributed by atoms with Crippen LogP contribution in [0.5, 0.6) is 0 Å². The van der Waals surface area contributed by atoms with E-state index in [0.717, 1.165) is 5.56 Å². The van der Waals surface area contributed by atoms with Gasteiger partial charge >= 0.3 is 6.18 Å². The second-order valence-corrected chi connectivity index (χ2v) is 5.92. The molecule has 1 aromatic rings. The van der Waals surface area contributed by atoms with Gasteiger partial charge in [-0.1, -0.05) is 17.7 Å². The number of halogens is 3. The molecule has 1 saturated heterocycles. The van der Waals surface area contributed by atoms with Crippen LogP contribution in [0.2, 0.25) is 0 Å². The van der Waals surface area contributed by atoms with Crippen LogP contribution in [0.3, 0.4) is 0 Å². The molecule has 0 spiro atoms. The van der Waals surface area contributed by atoms with Gasteiger partial charge in [-0.2, -0.15) is 13.2 Å². The highest BCUT2D eigenvalue weighted by Gasteiger charge is 2.33. The SMILES string of the molecule is Cc1ccc(C(=O)N2CCC(N(C)CC(F)(F)F)CC2)cc1. The van der Waals surface area contributed by atoms with Gasteiger partial charge in [-0.05, 0) is 38.9 Å². The van der Waals surface area contributed by atoms with Gasteiger partial charge < -0.3 is 4.90 Å². The molecule has 0 unspecified atom stereocenters. The average molecular weight is 314 g/mol. The van der Waals surface area contributed by atoms with Crippen molar-refractivity contribution in [3.63, 3.8) is 0 Å². The van der Waals surface area contributed by atoms with Crippen molar-refractivity contribution in [3.05, 3.63) is 35.4 Å². The zero-order valence-electron chi connectivity index (χ0n) is 12.9. The lowest BCUT2D eigenvalue weighted by Crippen LogP contribution is -2.47. The van der Waals surface area contributed by atoms with Crippen molar-refractivity contribution in [2.45, 2.75) is 32.0 Å². The Morgan fingerprint density at radius 3 is 2.27 bits per heavy atom. The lowest BCUT2D eigenvalue weighted by Gasteiger charge is -2.37. The molecule has 0 radical (unpaired) electrons. The summed E-state index contributed by atoms with van der Waals surface area (Å²) >= 11 is 0. The molecule has 0 atom stereocenters. The van der Waals surface area contributed by atoms with Crippen LogP contribution in [-0.4, -0.2) is 54.6 Å². The lowest BCUT2D eigenvalue weighted by molar-refractivity contribution is -0.148. The normalized spacial score (nSPS) is 17.1. The number of aryl methyl sites for hydroxylation is 1. The Morgan fingerprint density at radius 1 is 1.23 bits per heavy atom. The van der Waals surface area contributed by atoms with E-state index in [1.54, 1.807) is 17.0 Å². The van der Waals surface area contributed by atoms with Gasteiger partial charge in [-0.3, -0.25) is 9.69 Å². The molecule has 1 amide bonds. The fourth-order valence-corrected chi connectivity index (χ4v) is 2.80. The molecule has 22 heavy (non-hydrogen) atoms. The standard InChI is InChI=1S/C16H21F3N2O/c1-12-3-5-13(6-4-12)15(22)21-9-7-14(8-10-21)20(2)11-16(17,18)19/h3-6,14H,7-11H2,1-2H3. The van der Waals surface area contributed by atoms with Gasteiger partial charge in [-0.25, -0.2) is 0 Å². The van der Waals surface area contributed by atoms with E-state index in [1.165, 1.54) is 11.9 Å². The monoisotopic (exact) mass is 314 g/mol. The number of carbonyl (C=O) groups is 1. The third-order valence-electron chi connectivity index (χ3n) is 4.10. The highest BCUT2D eigenvalue weighted by Crippen LogP contribution is 2.22. The first-order chi connectivity index (χ1) is 10.3. The molecule has 1 aliphatic heterocycles. The Labute approximate surface area is 128 Å². The summed E-state index contributed by atoms with van der Waals surface area (Å²) in [5.41, 5.74) is 1.72. The van der Waals surface area contributed by atoms with E-state index in [2.05, 4.69) is 0 Å². The predicted molar refractivity (Wildman–Crippen MR) is 78.8 cm³/mol. The largest absolute Gasteiger partial charge is 0.401 e. The molecule has 1 fully saturated rings. The van der Waals surface area contributed by atoms with Gasteiger partial charge in [0.15, 0.2) is 0 Å². The van der Waals surface area contributed by atoms with Crippen LogP contribution in [0.15, 0.2) is 24.3 Å². The molecular formula is C16H21F3N2O. The summed E-state index contributed by atoms with van der Waals surface area (Å²) in [5, 5.41) is 0. The topological polar surface area (TPSA) is 23.6 Å². The maximum absolute atomic E-state index is 12.4. The van der Waals surface area contributed by atoms with E-state index in [-0.39, 0.29) is 11.9 Å². The van der Waals surface area contributed by atoms with Crippen LogP contribution in [0.4, 0.5) is 13.2 Å². The van der Waals surface area contributed by atoms with Gasteiger partial charge in [0.1, 0.15) is 0 Å². The molecule has 0 saturated carbocycles. The Bertz CT molecular complexity index is 505. The van der Waals surface area contributed by atoms with Crippen molar-refractivity contribution in [3.8, 4) is 0 Å². The number of alkyl halides is 3. The van der Waals surface area contributed by atoms with Crippen molar-refractivity contribution >= 4 is 5.91 Å². The highest BCUT2D eigenvalue weighted by atomic mass is 19.4. The minimum atomic E-state index is -4.18. The van der Waals surface area contributed by atoms with Crippen molar-refractivity contribution < 1.29 is 18.0 Å². The second kappa shape index (κ2) is 6.69. The molecule has 0 bridgehead atoms. The molecule has 1 heterocycles. The maximum atomic E-state index is 12.4. The predicted octanol–water partition coefficient (Wildman–Crippen LogP) is 3.09. The van der Waals surface area contributed by atoms with Gasteiger partial charge in [-0.15, -0.1) is 0 Å². The summed E-state index contributed by atoms with van der Waals surface area (Å²) in [6, 6.07) is 7.23. The van der Waals surface area contributed by atoms with Crippen LogP contribution in [-0.2, 0) is 0 Å². The third kappa shape index (κ3) is 4.47. The first-order valence-corrected chi connectivity index (χ1v) is 7.39. The summed E-state index contributed by atoms with van der Waals surface area (Å²) in [4.78, 5) is 15.4. The van der Waals surface area contributed by atoms with Crippen LogP contribution in [0, 0.1) is 6.92 Å². The summed E-state index contributed by atoms with van der Waals surface area (Å²) in [5.74, 6) is -0.0445. The molecule has 0 aliphatic carbocycles. The third-order valence-corrected chi connectivity index (χ3v) is 4.10. The number of rotatable bonds is 3. The lowest BCUT2D eigenvalue weighted by atomic mass is 10.0. The molecular weight excluding hydrogens is 293 g/mol. The molecule has 0 N–H and O–H groups in total. The quantitative estimate of drug-likeness (QED) is 0.856. The van der Waals surface area contributed by atoms with E-state index in [1.807, 2.05) is 19.1 Å². The Balaban J connectivity index is 1.89. The average Bonchev–Trinajstić information content (AvgIpc) is 2.46. The molecule has 1 aromatic carbocycles. The maximum Gasteiger partial charge on any atom is 0.401 e. The number of benzene rings is 1. The van der Waals surface area contributed by atoms with E-state index in [4.69, 9.17) is 0 Å². The van der Waals surface area contributed by atoms with Crippen LogP contribution >= 0.6 is 0 Å². The number of hydrogen-bond donors (Lipinski definition) is 0. The zero-order chi connectivity index (χ0) is 16.3. The van der Waals surface area contributed by atoms with E-state index < -0.39 is 12.7 Å². The minimum absolute atomic E-state index is 0.0445. The fourth-order valence-electron chi connectivity index (χ4n) is 2.80. The van der Waals surface area contributed by atoms with Crippen LogP contribution in [0.1, 0.15) is 28.8 Å². The van der Waals surface area contributed by atoms with E-state index in [0.29, 0.717) is 31.5 Å². The first kappa shape index (κ1) is 16.8. The second-order valence-electron chi connectivity index (χ2n) is 5.92. The molecule has 1 aliphatic rings. The molecule has 3 nitrogen and oxygen atoms in total. The Kier molecular flexibility index (Phi) is 5.11. The molecule has 2 rings (SSSR count). The van der Waals surface area contributed by atoms with Gasteiger partial charge in [0.05, 0.1) is 6.54 Å². The van der Waals surface area contributed by atoms with Gasteiger partial charge in [0.2, 0.25) is 0 Å².